The van der Waals surface area contributed by atoms with Gasteiger partial charge >= 0.3 is 6.18 Å². The van der Waals surface area contributed by atoms with E-state index in [-0.39, 0.29) is 11.6 Å². The maximum Gasteiger partial charge on any atom is 0.452 e. The number of anilines is 1. The number of nitrogens with two attached hydrogens (primary N) is 1. The second-order valence-corrected chi connectivity index (χ2v) is 3.67. The Hall–Kier alpha value is -1.38. The van der Waals surface area contributed by atoms with E-state index in [1.807, 2.05) is 0 Å². The topological polar surface area (TPSA) is 80.9 Å². The van der Waals surface area contributed by atoms with E-state index in [9.17, 15) is 18.0 Å². The smallest absolute Gasteiger partial charge is 0.370 e. The molecule has 0 fully saturated rings. The highest BCUT2D eigenvalue weighted by Crippen LogP contribution is 2.28. The fourth-order valence-corrected chi connectivity index (χ4v) is 1.48. The summed E-state index contributed by atoms with van der Waals surface area (Å²) in [5.74, 6) is -1.61. The molecular formula is C7H9F3N4OS. The van der Waals surface area contributed by atoms with Gasteiger partial charge in [0.2, 0.25) is 16.9 Å². The van der Waals surface area contributed by atoms with Crippen LogP contribution in [0.3, 0.4) is 0 Å². The van der Waals surface area contributed by atoms with E-state index < -0.39 is 17.9 Å². The molecule has 1 rings (SSSR count). The van der Waals surface area contributed by atoms with Crippen molar-refractivity contribution in [2.24, 2.45) is 5.73 Å². The summed E-state index contributed by atoms with van der Waals surface area (Å²) in [7, 11) is 0. The summed E-state index contributed by atoms with van der Waals surface area (Å²) in [4.78, 5) is 13.6. The Morgan fingerprint density at radius 3 is 2.69 bits per heavy atom. The Morgan fingerprint density at radius 1 is 1.50 bits per heavy atom. The molecule has 5 nitrogen and oxygen atoms in total. The molecule has 0 aliphatic heterocycles. The van der Waals surface area contributed by atoms with Gasteiger partial charge in [0, 0.05) is 24.5 Å². The summed E-state index contributed by atoms with van der Waals surface area (Å²) in [6.07, 6.45) is -3.90. The fourth-order valence-electron chi connectivity index (χ4n) is 0.868. The predicted molar refractivity (Wildman–Crippen MR) is 51.8 cm³/mol. The monoisotopic (exact) mass is 254 g/mol. The van der Waals surface area contributed by atoms with Gasteiger partial charge in [0.1, 0.15) is 0 Å². The average molecular weight is 254 g/mol. The standard InChI is InChI=1S/C7H9F3N4OS/c8-7(9,10)5-13-6(16-14-5)12-3-1-2-4(11)15/h1-3H2,(H2,11,15)(H,12,13,14). The summed E-state index contributed by atoms with van der Waals surface area (Å²) in [5.41, 5.74) is 4.89. The number of nitrogens with zero attached hydrogens (tertiary/aromatic N) is 2. The first-order chi connectivity index (χ1) is 7.39. The first kappa shape index (κ1) is 12.7. The van der Waals surface area contributed by atoms with Gasteiger partial charge in [-0.2, -0.15) is 22.5 Å². The molecule has 0 atom stereocenters. The van der Waals surface area contributed by atoms with Crippen LogP contribution in [0.2, 0.25) is 0 Å². The number of carbonyl (C=O) groups excluding carboxylic acids is 1. The Morgan fingerprint density at radius 2 is 2.19 bits per heavy atom. The van der Waals surface area contributed by atoms with E-state index >= 15 is 0 Å². The Balaban J connectivity index is 2.38. The molecule has 0 saturated heterocycles. The summed E-state index contributed by atoms with van der Waals surface area (Å²) in [5, 5.41) is 2.71. The largest absolute Gasteiger partial charge is 0.452 e. The molecule has 0 aliphatic carbocycles. The van der Waals surface area contributed by atoms with Crippen molar-refractivity contribution in [3.63, 3.8) is 0 Å². The summed E-state index contributed by atoms with van der Waals surface area (Å²) in [6.45, 7) is 0.329. The predicted octanol–water partition coefficient (Wildman–Crippen LogP) is 1.23. The molecule has 9 heteroatoms. The first-order valence-electron chi connectivity index (χ1n) is 4.32. The quantitative estimate of drug-likeness (QED) is 0.774. The molecule has 1 aromatic heterocycles. The number of hydrogen-bond donors (Lipinski definition) is 2. The minimum absolute atomic E-state index is 0.0804. The highest BCUT2D eigenvalue weighted by molar-refractivity contribution is 7.09. The number of aromatic nitrogens is 2. The van der Waals surface area contributed by atoms with Crippen molar-refractivity contribution in [1.82, 2.24) is 9.36 Å². The van der Waals surface area contributed by atoms with Crippen LogP contribution in [0.4, 0.5) is 18.3 Å². The van der Waals surface area contributed by atoms with Gasteiger partial charge in [-0.25, -0.2) is 0 Å². The number of hydrogen-bond acceptors (Lipinski definition) is 5. The van der Waals surface area contributed by atoms with Crippen molar-refractivity contribution in [3.05, 3.63) is 5.82 Å². The second kappa shape index (κ2) is 5.10. The summed E-state index contributed by atoms with van der Waals surface area (Å²) in [6, 6.07) is 0. The lowest BCUT2D eigenvalue weighted by atomic mass is 10.3. The van der Waals surface area contributed by atoms with Gasteiger partial charge in [0.25, 0.3) is 0 Å². The number of amides is 1. The molecule has 0 radical (unpaired) electrons. The number of halogens is 3. The van der Waals surface area contributed by atoms with Crippen LogP contribution in [-0.4, -0.2) is 21.8 Å². The van der Waals surface area contributed by atoms with Crippen molar-refractivity contribution in [2.45, 2.75) is 19.0 Å². The van der Waals surface area contributed by atoms with Crippen molar-refractivity contribution in [1.29, 1.82) is 0 Å². The molecule has 0 aliphatic rings. The zero-order chi connectivity index (χ0) is 12.2. The van der Waals surface area contributed by atoms with Crippen molar-refractivity contribution < 1.29 is 18.0 Å². The molecule has 0 spiro atoms. The Bertz CT molecular complexity index is 365. The third-order valence-electron chi connectivity index (χ3n) is 1.56. The van der Waals surface area contributed by atoms with Gasteiger partial charge in [-0.3, -0.25) is 4.79 Å². The van der Waals surface area contributed by atoms with Gasteiger partial charge in [0.15, 0.2) is 0 Å². The SMILES string of the molecule is NC(=O)CCCNc1nc(C(F)(F)F)ns1. The lowest BCUT2D eigenvalue weighted by Crippen LogP contribution is -2.12. The van der Waals surface area contributed by atoms with Crippen LogP contribution in [0.25, 0.3) is 0 Å². The van der Waals surface area contributed by atoms with E-state index in [0.717, 1.165) is 0 Å². The van der Waals surface area contributed by atoms with E-state index in [1.54, 1.807) is 0 Å². The third-order valence-corrected chi connectivity index (χ3v) is 2.23. The van der Waals surface area contributed by atoms with Crippen molar-refractivity contribution in [3.8, 4) is 0 Å². The molecular weight excluding hydrogens is 245 g/mol. The van der Waals surface area contributed by atoms with Gasteiger partial charge in [-0.15, -0.1) is 0 Å². The minimum Gasteiger partial charge on any atom is -0.370 e. The molecule has 16 heavy (non-hydrogen) atoms. The number of rotatable bonds is 5. The highest BCUT2D eigenvalue weighted by atomic mass is 32.1. The summed E-state index contributed by atoms with van der Waals surface area (Å²) < 4.78 is 39.4. The maximum absolute atomic E-state index is 12.1. The number of primary amides is 1. The van der Waals surface area contributed by atoms with Crippen LogP contribution in [-0.2, 0) is 11.0 Å². The van der Waals surface area contributed by atoms with Crippen LogP contribution in [0.5, 0.6) is 0 Å². The number of carbonyl (C=O) groups is 1. The molecule has 1 heterocycles. The molecule has 0 bridgehead atoms. The molecule has 90 valence electrons. The molecule has 0 unspecified atom stereocenters. The van der Waals surface area contributed by atoms with Gasteiger partial charge in [-0.1, -0.05) is 0 Å². The summed E-state index contributed by atoms with van der Waals surface area (Å²) >= 11 is 0.627. The van der Waals surface area contributed by atoms with Crippen LogP contribution < -0.4 is 11.1 Å². The van der Waals surface area contributed by atoms with Crippen LogP contribution in [0.15, 0.2) is 0 Å². The zero-order valence-corrected chi connectivity index (χ0v) is 8.86. The fraction of sp³-hybridized carbons (Fsp3) is 0.571. The Labute approximate surface area is 93.0 Å². The average Bonchev–Trinajstić information content (AvgIpc) is 2.59. The number of nitrogens with one attached hydrogen (secondary N) is 1. The van der Waals surface area contributed by atoms with E-state index in [1.165, 1.54) is 0 Å². The second-order valence-electron chi connectivity index (χ2n) is 2.92. The zero-order valence-electron chi connectivity index (χ0n) is 8.04. The Kier molecular flexibility index (Phi) is 4.05. The van der Waals surface area contributed by atoms with Gasteiger partial charge in [0.05, 0.1) is 0 Å². The van der Waals surface area contributed by atoms with Gasteiger partial charge < -0.3 is 11.1 Å². The molecule has 1 aromatic rings. The lowest BCUT2D eigenvalue weighted by Gasteiger charge is -2.00. The molecule has 3 N–H and O–H groups in total. The van der Waals surface area contributed by atoms with Crippen molar-refractivity contribution in [2.75, 3.05) is 11.9 Å². The normalized spacial score (nSPS) is 11.4. The van der Waals surface area contributed by atoms with Crippen LogP contribution in [0, 0.1) is 0 Å². The minimum atomic E-state index is -4.52. The lowest BCUT2D eigenvalue weighted by molar-refractivity contribution is -0.144. The highest BCUT2D eigenvalue weighted by Gasteiger charge is 2.35. The van der Waals surface area contributed by atoms with Gasteiger partial charge in [-0.05, 0) is 6.42 Å². The van der Waals surface area contributed by atoms with E-state index in [0.29, 0.717) is 24.5 Å². The molecule has 1 amide bonds. The number of alkyl halides is 3. The van der Waals surface area contributed by atoms with E-state index in [4.69, 9.17) is 5.73 Å². The van der Waals surface area contributed by atoms with Crippen LogP contribution >= 0.6 is 11.5 Å². The first-order valence-corrected chi connectivity index (χ1v) is 5.10. The van der Waals surface area contributed by atoms with Crippen LogP contribution in [0.1, 0.15) is 18.7 Å². The molecule has 0 aromatic carbocycles. The van der Waals surface area contributed by atoms with Crippen molar-refractivity contribution >= 4 is 22.6 Å². The molecule has 0 saturated carbocycles. The maximum atomic E-state index is 12.1. The third kappa shape index (κ3) is 4.01. The van der Waals surface area contributed by atoms with E-state index in [2.05, 4.69) is 14.7 Å².